The predicted molar refractivity (Wildman–Crippen MR) is 355 cm³/mol. The molecule has 17 atom stereocenters. The summed E-state index contributed by atoms with van der Waals surface area (Å²) >= 11 is 0. The third kappa shape index (κ3) is 35.2. The molecule has 91 heavy (non-hydrogen) atoms. The highest BCUT2D eigenvalue weighted by Gasteiger charge is 2.53. The molecule has 3 aliphatic heterocycles. The molecular weight excluding hydrogens is 1170 g/mol. The quantitative estimate of drug-likeness (QED) is 0.0199. The summed E-state index contributed by atoms with van der Waals surface area (Å²) in [6.07, 6.45) is 40.5. The molecule has 17 unspecified atom stereocenters. The molecule has 1 amide bonds. The molecule has 3 heterocycles. The van der Waals surface area contributed by atoms with Gasteiger partial charge < -0.3 is 89.9 Å². The Morgan fingerprint density at radius 1 is 0.407 bits per heavy atom. The van der Waals surface area contributed by atoms with Gasteiger partial charge in [0.25, 0.3) is 0 Å². The lowest BCUT2D eigenvalue weighted by molar-refractivity contribution is -0.379. The maximum absolute atomic E-state index is 13.4. The zero-order valence-electron chi connectivity index (χ0n) is 55.8. The molecule has 0 aromatic carbocycles. The summed E-state index contributed by atoms with van der Waals surface area (Å²) in [6.45, 7) is 1.59. The van der Waals surface area contributed by atoms with Crippen LogP contribution in [-0.4, -0.2) is 193 Å². The van der Waals surface area contributed by atoms with Crippen molar-refractivity contribution in [1.82, 2.24) is 5.32 Å². The molecule has 0 aliphatic carbocycles. The summed E-state index contributed by atoms with van der Waals surface area (Å²) in [5.74, 6) is -0.285. The number of hydrogen-bond donors (Lipinski definition) is 12. The molecule has 3 rings (SSSR count). The molecule has 528 valence electrons. The monoisotopic (exact) mass is 1290 g/mol. The van der Waals surface area contributed by atoms with Gasteiger partial charge in [0.2, 0.25) is 5.91 Å². The number of amides is 1. The Morgan fingerprint density at radius 2 is 0.769 bits per heavy atom. The van der Waals surface area contributed by atoms with Crippen LogP contribution in [0, 0.1) is 0 Å². The highest BCUT2D eigenvalue weighted by Crippen LogP contribution is 2.33. The molecule has 19 heteroatoms. The molecule has 0 spiro atoms. The van der Waals surface area contributed by atoms with Gasteiger partial charge in [-0.1, -0.05) is 241 Å². The van der Waals surface area contributed by atoms with E-state index in [1.54, 1.807) is 6.08 Å². The van der Waals surface area contributed by atoms with Crippen molar-refractivity contribution in [3.8, 4) is 0 Å². The van der Waals surface area contributed by atoms with Gasteiger partial charge in [0.15, 0.2) is 18.9 Å². The van der Waals surface area contributed by atoms with E-state index in [0.29, 0.717) is 12.8 Å². The number of rotatable bonds is 54. The summed E-state index contributed by atoms with van der Waals surface area (Å²) in [5.41, 5.74) is 0. The zero-order valence-corrected chi connectivity index (χ0v) is 55.8. The van der Waals surface area contributed by atoms with Crippen molar-refractivity contribution in [3.05, 3.63) is 72.9 Å². The molecule has 0 radical (unpaired) electrons. The minimum atomic E-state index is -1.98. The van der Waals surface area contributed by atoms with Gasteiger partial charge in [-0.15, -0.1) is 0 Å². The first-order valence-corrected chi connectivity index (χ1v) is 35.7. The Bertz CT molecular complexity index is 1930. The van der Waals surface area contributed by atoms with Crippen molar-refractivity contribution in [2.75, 3.05) is 26.4 Å². The van der Waals surface area contributed by atoms with Crippen LogP contribution < -0.4 is 5.32 Å². The van der Waals surface area contributed by atoms with Crippen LogP contribution in [0.4, 0.5) is 0 Å². The smallest absolute Gasteiger partial charge is 0.220 e. The number of unbranched alkanes of at least 4 members (excludes halogenated alkanes) is 28. The van der Waals surface area contributed by atoms with E-state index in [0.717, 1.165) is 64.2 Å². The lowest BCUT2D eigenvalue weighted by Gasteiger charge is -2.48. The van der Waals surface area contributed by atoms with Crippen molar-refractivity contribution >= 4 is 5.91 Å². The molecule has 3 aliphatic rings. The number of allylic oxidation sites excluding steroid dienone is 11. The first-order valence-electron chi connectivity index (χ1n) is 35.7. The van der Waals surface area contributed by atoms with Crippen molar-refractivity contribution in [1.29, 1.82) is 0 Å². The van der Waals surface area contributed by atoms with Crippen LogP contribution >= 0.6 is 0 Å². The molecule has 12 N–H and O–H groups in total. The second kappa shape index (κ2) is 53.4. The van der Waals surface area contributed by atoms with Crippen LogP contribution in [0.3, 0.4) is 0 Å². The number of hydrogen-bond acceptors (Lipinski definition) is 18. The summed E-state index contributed by atoms with van der Waals surface area (Å²) in [6, 6.07) is -0.990. The maximum atomic E-state index is 13.4. The predicted octanol–water partition coefficient (Wildman–Crippen LogP) is 9.72. The molecule has 0 aromatic rings. The van der Waals surface area contributed by atoms with Crippen molar-refractivity contribution in [3.63, 3.8) is 0 Å². The second-order valence-corrected chi connectivity index (χ2v) is 25.3. The second-order valence-electron chi connectivity index (χ2n) is 25.3. The van der Waals surface area contributed by atoms with Crippen LogP contribution in [-0.2, 0) is 33.2 Å². The highest BCUT2D eigenvalue weighted by atomic mass is 16.8. The summed E-state index contributed by atoms with van der Waals surface area (Å²) in [4.78, 5) is 13.4. The standard InChI is InChI=1S/C72H127NO18/c1-3-5-7-9-11-13-15-17-18-19-20-21-22-23-24-25-26-27-28-29-30-31-32-33-34-35-36-38-40-42-44-46-48-50-60(78)73-55(56(77)49-47-45-43-41-39-37-16-14-12-10-8-6-4-2)54-86-70-66(84)63(81)68(58(52-75)88-70)91-72-67(85)64(82)69(59(53-76)89-72)90-71-65(83)62(80)61(79)57(51-74)87-71/h5,7,11,13,17-18,20-21,39,41,47,49,55-59,61-72,74-77,79-85H,3-4,6,8-10,12,14-16,19,22-38,40,42-46,48,50-54H2,1-2H3,(H,73,78)/b7-5-,13-11-,18-17-,21-20-,41-39+,49-47+. The summed E-state index contributed by atoms with van der Waals surface area (Å²) in [7, 11) is 0. The molecule has 3 fully saturated rings. The van der Waals surface area contributed by atoms with Gasteiger partial charge in [-0.05, 0) is 70.6 Å². The number of carbonyl (C=O) groups is 1. The van der Waals surface area contributed by atoms with E-state index >= 15 is 0 Å². The van der Waals surface area contributed by atoms with Crippen molar-refractivity contribution in [2.24, 2.45) is 0 Å². The van der Waals surface area contributed by atoms with E-state index in [9.17, 15) is 61.0 Å². The molecule has 0 bridgehead atoms. The molecule has 0 saturated carbocycles. The van der Waals surface area contributed by atoms with Crippen LogP contribution in [0.1, 0.15) is 245 Å². The number of aliphatic hydroxyl groups is 11. The van der Waals surface area contributed by atoms with Gasteiger partial charge in [0.05, 0.1) is 38.6 Å². The first kappa shape index (κ1) is 82.5. The number of carbonyl (C=O) groups excluding carboxylic acids is 1. The first-order chi connectivity index (χ1) is 44.3. The van der Waals surface area contributed by atoms with Gasteiger partial charge in [0.1, 0.15) is 73.2 Å². The Hall–Kier alpha value is -2.77. The fourth-order valence-electron chi connectivity index (χ4n) is 11.7. The normalized spacial score (nSPS) is 28.3. The lowest BCUT2D eigenvalue weighted by atomic mass is 9.96. The minimum absolute atomic E-state index is 0.235. The fourth-order valence-corrected chi connectivity index (χ4v) is 11.7. The number of aliphatic hydroxyl groups excluding tert-OH is 11. The lowest BCUT2D eigenvalue weighted by Crippen LogP contribution is -2.66. The number of ether oxygens (including phenoxy) is 6. The van der Waals surface area contributed by atoms with Crippen LogP contribution in [0.25, 0.3) is 0 Å². The molecule has 3 saturated heterocycles. The minimum Gasteiger partial charge on any atom is -0.394 e. The van der Waals surface area contributed by atoms with Gasteiger partial charge in [-0.3, -0.25) is 4.79 Å². The SMILES string of the molecule is CC/C=C\C/C=C\C/C=C\C/C=C\CCCCCCCCCCCCCCCCCCCCCCC(=O)NC(COC1OC(CO)C(OC2OC(CO)C(OC3OC(CO)C(O)C(O)C3O)C(O)C2O)C(O)C1O)C(O)/C=C/CC/C=C/CCCCCCCCC. The highest BCUT2D eigenvalue weighted by molar-refractivity contribution is 5.76. The number of nitrogens with one attached hydrogen (secondary N) is 1. The van der Waals surface area contributed by atoms with Crippen LogP contribution in [0.2, 0.25) is 0 Å². The Balaban J connectivity index is 1.35. The largest absolute Gasteiger partial charge is 0.394 e. The summed E-state index contributed by atoms with van der Waals surface area (Å²) < 4.78 is 34.3. The van der Waals surface area contributed by atoms with Crippen molar-refractivity contribution in [2.45, 2.75) is 349 Å². The van der Waals surface area contributed by atoms with Crippen LogP contribution in [0.15, 0.2) is 72.9 Å². The van der Waals surface area contributed by atoms with E-state index in [-0.39, 0.29) is 18.9 Å². The molecular formula is C72H127NO18. The fraction of sp³-hybridized carbons (Fsp3) is 0.819. The van der Waals surface area contributed by atoms with E-state index < -0.39 is 124 Å². The third-order valence-corrected chi connectivity index (χ3v) is 17.5. The maximum Gasteiger partial charge on any atom is 0.220 e. The van der Waals surface area contributed by atoms with E-state index in [4.69, 9.17) is 28.4 Å². The van der Waals surface area contributed by atoms with E-state index in [2.05, 4.69) is 79.9 Å². The molecule has 0 aromatic heterocycles. The third-order valence-electron chi connectivity index (χ3n) is 17.5. The van der Waals surface area contributed by atoms with Crippen molar-refractivity contribution < 1.29 is 89.4 Å². The van der Waals surface area contributed by atoms with E-state index in [1.165, 1.54) is 148 Å². The van der Waals surface area contributed by atoms with Gasteiger partial charge in [-0.25, -0.2) is 0 Å². The Kier molecular flexibility index (Phi) is 48.4. The van der Waals surface area contributed by atoms with Gasteiger partial charge in [-0.2, -0.15) is 0 Å². The van der Waals surface area contributed by atoms with Gasteiger partial charge >= 0.3 is 0 Å². The Labute approximate surface area is 547 Å². The molecule has 19 nitrogen and oxygen atoms in total. The topological polar surface area (TPSA) is 307 Å². The average molecular weight is 1290 g/mol. The van der Waals surface area contributed by atoms with E-state index in [1.807, 2.05) is 6.08 Å². The average Bonchev–Trinajstić information content (AvgIpc) is 0.871. The Morgan fingerprint density at radius 3 is 1.23 bits per heavy atom. The zero-order chi connectivity index (χ0) is 66.1. The van der Waals surface area contributed by atoms with Crippen LogP contribution in [0.5, 0.6) is 0 Å². The summed E-state index contributed by atoms with van der Waals surface area (Å²) in [5, 5.41) is 120. The van der Waals surface area contributed by atoms with Gasteiger partial charge in [0, 0.05) is 6.42 Å².